The zero-order valence-electron chi connectivity index (χ0n) is 14.4. The lowest BCUT2D eigenvalue weighted by Crippen LogP contribution is -2.54. The number of carbonyl (C=O) groups is 2. The number of alkyl carbamates (subject to hydrolysis) is 1. The van der Waals surface area contributed by atoms with Crippen LogP contribution in [0.4, 0.5) is 4.79 Å². The third-order valence-electron chi connectivity index (χ3n) is 3.78. The van der Waals surface area contributed by atoms with Crippen LogP contribution in [0, 0.1) is 0 Å². The van der Waals surface area contributed by atoms with E-state index in [1.807, 2.05) is 26.2 Å². The second kappa shape index (κ2) is 7.79. The predicted molar refractivity (Wildman–Crippen MR) is 94.7 cm³/mol. The number of hydrogen-bond acceptors (Lipinski definition) is 5. The van der Waals surface area contributed by atoms with Crippen molar-refractivity contribution in [2.24, 2.45) is 0 Å². The minimum atomic E-state index is -0.535. The molecule has 0 aliphatic heterocycles. The first kappa shape index (κ1) is 18.4. The molecule has 1 aliphatic carbocycles. The lowest BCUT2D eigenvalue weighted by molar-refractivity contribution is -0.118. The maximum absolute atomic E-state index is 12.2. The number of hydrogen-bond donors (Lipinski definition) is 2. The Bertz CT molecular complexity index is 585. The Labute approximate surface area is 146 Å². The summed E-state index contributed by atoms with van der Waals surface area (Å²) in [6.45, 7) is 5.84. The number of amides is 2. The van der Waals surface area contributed by atoms with Gasteiger partial charge >= 0.3 is 6.09 Å². The highest BCUT2D eigenvalue weighted by atomic mass is 32.1. The van der Waals surface area contributed by atoms with Gasteiger partial charge in [-0.3, -0.25) is 4.79 Å². The van der Waals surface area contributed by atoms with Gasteiger partial charge in [-0.1, -0.05) is 12.8 Å². The molecule has 0 bridgehead atoms. The van der Waals surface area contributed by atoms with E-state index >= 15 is 0 Å². The summed E-state index contributed by atoms with van der Waals surface area (Å²) >= 11 is 1.48. The Morgan fingerprint density at radius 3 is 2.67 bits per heavy atom. The van der Waals surface area contributed by atoms with Crippen LogP contribution < -0.4 is 10.6 Å². The standard InChI is InChI=1S/C17H25N3O3S/c1-16(2,3)23-15(22)18-11-17(8-4-5-9-17)20-14(21)7-6-13-10-24-12-19-13/h6-7,10,12H,4-5,8-9,11H2,1-3H3,(H,18,22)(H,20,21)/b7-6+. The Morgan fingerprint density at radius 1 is 1.38 bits per heavy atom. The Hall–Kier alpha value is -1.89. The highest BCUT2D eigenvalue weighted by molar-refractivity contribution is 7.07. The number of nitrogens with one attached hydrogen (secondary N) is 2. The van der Waals surface area contributed by atoms with Crippen LogP contribution in [0.2, 0.25) is 0 Å². The van der Waals surface area contributed by atoms with Crippen LogP contribution >= 0.6 is 11.3 Å². The Morgan fingerprint density at radius 2 is 2.08 bits per heavy atom. The third kappa shape index (κ3) is 5.96. The molecule has 1 aromatic heterocycles. The van der Waals surface area contributed by atoms with E-state index in [0.717, 1.165) is 31.4 Å². The first-order valence-electron chi connectivity index (χ1n) is 8.13. The largest absolute Gasteiger partial charge is 0.444 e. The van der Waals surface area contributed by atoms with Crippen LogP contribution in [0.1, 0.15) is 52.1 Å². The van der Waals surface area contributed by atoms with Crippen molar-refractivity contribution in [2.45, 2.75) is 57.6 Å². The monoisotopic (exact) mass is 351 g/mol. The van der Waals surface area contributed by atoms with E-state index in [4.69, 9.17) is 4.74 Å². The fraction of sp³-hybridized carbons (Fsp3) is 0.588. The van der Waals surface area contributed by atoms with E-state index in [-0.39, 0.29) is 5.91 Å². The lowest BCUT2D eigenvalue weighted by Gasteiger charge is -2.30. The van der Waals surface area contributed by atoms with Gasteiger partial charge in [-0.25, -0.2) is 9.78 Å². The minimum Gasteiger partial charge on any atom is -0.444 e. The van der Waals surface area contributed by atoms with Crippen molar-refractivity contribution < 1.29 is 14.3 Å². The van der Waals surface area contributed by atoms with Crippen LogP contribution in [0.15, 0.2) is 17.0 Å². The molecule has 2 rings (SSSR count). The molecule has 0 aromatic carbocycles. The van der Waals surface area contributed by atoms with Gasteiger partial charge in [0, 0.05) is 18.0 Å². The van der Waals surface area contributed by atoms with E-state index in [0.29, 0.717) is 6.54 Å². The predicted octanol–water partition coefficient (Wildman–Crippen LogP) is 3.11. The molecule has 0 unspecified atom stereocenters. The number of ether oxygens (including phenoxy) is 1. The zero-order valence-corrected chi connectivity index (χ0v) is 15.2. The normalized spacial score (nSPS) is 17.0. The maximum Gasteiger partial charge on any atom is 0.407 e. The van der Waals surface area contributed by atoms with E-state index in [1.54, 1.807) is 11.6 Å². The average Bonchev–Trinajstić information content (AvgIpc) is 3.13. The summed E-state index contributed by atoms with van der Waals surface area (Å²) in [4.78, 5) is 28.2. The van der Waals surface area contributed by atoms with Crippen LogP contribution in [-0.4, -0.2) is 34.7 Å². The molecule has 0 spiro atoms. The molecule has 1 aliphatic rings. The molecule has 0 atom stereocenters. The fourth-order valence-electron chi connectivity index (χ4n) is 2.72. The van der Waals surface area contributed by atoms with Gasteiger partial charge in [0.15, 0.2) is 0 Å². The van der Waals surface area contributed by atoms with Gasteiger partial charge < -0.3 is 15.4 Å². The molecular weight excluding hydrogens is 326 g/mol. The number of aromatic nitrogens is 1. The van der Waals surface area contributed by atoms with Crippen molar-refractivity contribution in [3.63, 3.8) is 0 Å². The quantitative estimate of drug-likeness (QED) is 0.799. The molecule has 1 aromatic rings. The maximum atomic E-state index is 12.2. The summed E-state index contributed by atoms with van der Waals surface area (Å²) in [6.07, 6.45) is 6.48. The van der Waals surface area contributed by atoms with Crippen molar-refractivity contribution >= 4 is 29.4 Å². The molecule has 24 heavy (non-hydrogen) atoms. The highest BCUT2D eigenvalue weighted by Gasteiger charge is 2.35. The van der Waals surface area contributed by atoms with Crippen molar-refractivity contribution in [1.82, 2.24) is 15.6 Å². The van der Waals surface area contributed by atoms with Crippen molar-refractivity contribution in [2.75, 3.05) is 6.54 Å². The van der Waals surface area contributed by atoms with E-state index < -0.39 is 17.2 Å². The topological polar surface area (TPSA) is 80.3 Å². The van der Waals surface area contributed by atoms with Gasteiger partial charge in [0.2, 0.25) is 5.91 Å². The van der Waals surface area contributed by atoms with Gasteiger partial charge in [0.25, 0.3) is 0 Å². The van der Waals surface area contributed by atoms with Gasteiger partial charge in [0.1, 0.15) is 5.60 Å². The first-order valence-corrected chi connectivity index (χ1v) is 9.08. The third-order valence-corrected chi connectivity index (χ3v) is 4.38. The summed E-state index contributed by atoms with van der Waals surface area (Å²) < 4.78 is 5.26. The minimum absolute atomic E-state index is 0.170. The van der Waals surface area contributed by atoms with E-state index in [9.17, 15) is 9.59 Å². The summed E-state index contributed by atoms with van der Waals surface area (Å²) in [5.41, 5.74) is 1.55. The molecule has 6 nitrogen and oxygen atoms in total. The molecule has 1 saturated carbocycles. The first-order chi connectivity index (χ1) is 11.3. The number of thiazole rings is 1. The fourth-order valence-corrected chi connectivity index (χ4v) is 3.24. The zero-order chi connectivity index (χ0) is 17.6. The molecule has 0 radical (unpaired) electrons. The van der Waals surface area contributed by atoms with Crippen LogP contribution in [-0.2, 0) is 9.53 Å². The SMILES string of the molecule is CC(C)(C)OC(=O)NCC1(NC(=O)/C=C/c2cscn2)CCCC1. The summed E-state index contributed by atoms with van der Waals surface area (Å²) in [5, 5.41) is 7.71. The van der Waals surface area contributed by atoms with Gasteiger partial charge in [-0.2, -0.15) is 0 Å². The van der Waals surface area contributed by atoms with Crippen LogP contribution in [0.5, 0.6) is 0 Å². The van der Waals surface area contributed by atoms with Crippen molar-refractivity contribution in [1.29, 1.82) is 0 Å². The summed E-state index contributed by atoms with van der Waals surface area (Å²) in [7, 11) is 0. The van der Waals surface area contributed by atoms with Crippen LogP contribution in [0.25, 0.3) is 6.08 Å². The number of carbonyl (C=O) groups excluding carboxylic acids is 2. The molecular formula is C17H25N3O3S. The average molecular weight is 351 g/mol. The van der Waals surface area contributed by atoms with Gasteiger partial charge in [-0.05, 0) is 39.7 Å². The summed E-state index contributed by atoms with van der Waals surface area (Å²) in [6, 6.07) is 0. The van der Waals surface area contributed by atoms with Crippen molar-refractivity contribution in [3.05, 3.63) is 22.7 Å². The molecule has 132 valence electrons. The smallest absolute Gasteiger partial charge is 0.407 e. The number of rotatable bonds is 5. The van der Waals surface area contributed by atoms with E-state index in [1.165, 1.54) is 17.4 Å². The van der Waals surface area contributed by atoms with Gasteiger partial charge in [0.05, 0.1) is 16.7 Å². The molecule has 7 heteroatoms. The highest BCUT2D eigenvalue weighted by Crippen LogP contribution is 2.29. The molecule has 1 fully saturated rings. The van der Waals surface area contributed by atoms with E-state index in [2.05, 4.69) is 15.6 Å². The molecule has 2 amide bonds. The molecule has 2 N–H and O–H groups in total. The van der Waals surface area contributed by atoms with Crippen LogP contribution in [0.3, 0.4) is 0 Å². The van der Waals surface area contributed by atoms with Crippen molar-refractivity contribution in [3.8, 4) is 0 Å². The Kier molecular flexibility index (Phi) is 5.99. The van der Waals surface area contributed by atoms with Gasteiger partial charge in [-0.15, -0.1) is 11.3 Å². The summed E-state index contributed by atoms with van der Waals surface area (Å²) in [5.74, 6) is -0.170. The molecule has 0 saturated heterocycles. The lowest BCUT2D eigenvalue weighted by atomic mass is 9.97. The Balaban J connectivity index is 1.90. The molecule has 1 heterocycles. The second-order valence-corrected chi connectivity index (χ2v) is 7.80. The second-order valence-electron chi connectivity index (χ2n) is 7.08. The number of nitrogens with zero attached hydrogens (tertiary/aromatic N) is 1.